The molecule has 0 radical (unpaired) electrons. The third-order valence-electron chi connectivity index (χ3n) is 4.49. The van der Waals surface area contributed by atoms with E-state index in [2.05, 4.69) is 21.7 Å². The van der Waals surface area contributed by atoms with Gasteiger partial charge >= 0.3 is 0 Å². The number of hydrogen-bond acceptors (Lipinski definition) is 4. The monoisotopic (exact) mass is 393 g/mol. The third-order valence-corrected chi connectivity index (χ3v) is 4.49. The molecular weight excluding hydrogens is 369 g/mol. The van der Waals surface area contributed by atoms with Gasteiger partial charge in [0, 0.05) is 13.1 Å². The Labute approximate surface area is 169 Å². The number of methoxy groups -OCH3 is 1. The van der Waals surface area contributed by atoms with Gasteiger partial charge in [-0.1, -0.05) is 24.3 Å². The summed E-state index contributed by atoms with van der Waals surface area (Å²) in [5.41, 5.74) is 3.37. The second-order valence-electron chi connectivity index (χ2n) is 6.59. The van der Waals surface area contributed by atoms with Gasteiger partial charge in [0.25, 0.3) is 5.91 Å². The van der Waals surface area contributed by atoms with E-state index >= 15 is 0 Å². The molecule has 0 aliphatic carbocycles. The second kappa shape index (κ2) is 10.2. The van der Waals surface area contributed by atoms with Gasteiger partial charge in [-0.05, 0) is 60.4 Å². The fourth-order valence-electron chi connectivity index (χ4n) is 2.87. The van der Waals surface area contributed by atoms with Gasteiger partial charge in [0.2, 0.25) is 0 Å². The zero-order chi connectivity index (χ0) is 20.5. The normalized spacial score (nSPS) is 10.4. The number of carbonyl (C=O) groups is 1. The van der Waals surface area contributed by atoms with Crippen LogP contribution < -0.4 is 15.4 Å². The van der Waals surface area contributed by atoms with Crippen molar-refractivity contribution in [2.24, 2.45) is 0 Å². The summed E-state index contributed by atoms with van der Waals surface area (Å²) in [4.78, 5) is 16.4. The predicted octanol–water partition coefficient (Wildman–Crippen LogP) is 3.86. The summed E-state index contributed by atoms with van der Waals surface area (Å²) in [5.74, 6) is 0.355. The lowest BCUT2D eigenvalue weighted by Gasteiger charge is -2.09. The molecule has 0 fully saturated rings. The van der Waals surface area contributed by atoms with Gasteiger partial charge in [-0.3, -0.25) is 4.79 Å². The fourth-order valence-corrected chi connectivity index (χ4v) is 2.87. The van der Waals surface area contributed by atoms with Crippen LogP contribution in [0.25, 0.3) is 0 Å². The number of benzene rings is 2. The maximum Gasteiger partial charge on any atom is 0.269 e. The molecule has 29 heavy (non-hydrogen) atoms. The quantitative estimate of drug-likeness (QED) is 0.580. The topological polar surface area (TPSA) is 63.2 Å². The molecule has 1 heterocycles. The number of aromatic nitrogens is 1. The highest BCUT2D eigenvalue weighted by Crippen LogP contribution is 2.13. The van der Waals surface area contributed by atoms with Crippen LogP contribution >= 0.6 is 0 Å². The van der Waals surface area contributed by atoms with Crippen molar-refractivity contribution in [3.05, 3.63) is 89.5 Å². The van der Waals surface area contributed by atoms with Crippen molar-refractivity contribution in [2.75, 3.05) is 25.5 Å². The number of carbonyl (C=O) groups excluding carboxylic acids is 1. The Morgan fingerprint density at radius 2 is 1.79 bits per heavy atom. The molecule has 1 amide bonds. The summed E-state index contributed by atoms with van der Waals surface area (Å²) in [6.45, 7) is 1.21. The van der Waals surface area contributed by atoms with Gasteiger partial charge in [0.1, 0.15) is 17.3 Å². The first-order valence-electron chi connectivity index (χ1n) is 9.49. The van der Waals surface area contributed by atoms with E-state index in [1.54, 1.807) is 31.5 Å². The average molecular weight is 393 g/mol. The van der Waals surface area contributed by atoms with Gasteiger partial charge in [-0.2, -0.15) is 0 Å². The number of rotatable bonds is 9. The Hall–Kier alpha value is -3.41. The molecule has 2 aromatic carbocycles. The maximum atomic E-state index is 12.9. The Morgan fingerprint density at radius 1 is 1.00 bits per heavy atom. The molecule has 0 unspecified atom stereocenters. The molecule has 0 aliphatic heterocycles. The summed E-state index contributed by atoms with van der Waals surface area (Å²) in [5, 5.41) is 6.13. The van der Waals surface area contributed by atoms with Gasteiger partial charge < -0.3 is 15.4 Å². The lowest BCUT2D eigenvalue weighted by molar-refractivity contribution is 0.0949. The van der Waals surface area contributed by atoms with E-state index in [1.807, 2.05) is 24.3 Å². The molecule has 2 N–H and O–H groups in total. The Kier molecular flexibility index (Phi) is 7.16. The predicted molar refractivity (Wildman–Crippen MR) is 112 cm³/mol. The lowest BCUT2D eigenvalue weighted by Crippen LogP contribution is -2.26. The summed E-state index contributed by atoms with van der Waals surface area (Å²) >= 11 is 0. The Balaban J connectivity index is 1.42. The molecule has 3 rings (SSSR count). The average Bonchev–Trinajstić information content (AvgIpc) is 2.76. The first-order chi connectivity index (χ1) is 14.1. The van der Waals surface area contributed by atoms with E-state index in [4.69, 9.17) is 4.74 Å². The number of amides is 1. The maximum absolute atomic E-state index is 12.9. The highest BCUT2D eigenvalue weighted by molar-refractivity contribution is 5.92. The third kappa shape index (κ3) is 6.31. The highest BCUT2D eigenvalue weighted by atomic mass is 19.1. The minimum atomic E-state index is -0.265. The summed E-state index contributed by atoms with van der Waals surface area (Å²) in [6.07, 6.45) is 3.14. The zero-order valence-electron chi connectivity index (χ0n) is 16.3. The van der Waals surface area contributed by atoms with Crippen molar-refractivity contribution < 1.29 is 13.9 Å². The van der Waals surface area contributed by atoms with Gasteiger partial charge in [-0.25, -0.2) is 9.37 Å². The molecular formula is C23H24FN3O2. The molecule has 150 valence electrons. The van der Waals surface area contributed by atoms with E-state index in [-0.39, 0.29) is 11.7 Å². The summed E-state index contributed by atoms with van der Waals surface area (Å²) in [7, 11) is 1.66. The highest BCUT2D eigenvalue weighted by Gasteiger charge is 2.07. The lowest BCUT2D eigenvalue weighted by atomic mass is 10.1. The van der Waals surface area contributed by atoms with E-state index in [1.165, 1.54) is 17.7 Å². The first-order valence-corrected chi connectivity index (χ1v) is 9.49. The largest absolute Gasteiger partial charge is 0.497 e. The van der Waals surface area contributed by atoms with Crippen LogP contribution in [0.1, 0.15) is 21.6 Å². The van der Waals surface area contributed by atoms with Crippen LogP contribution in [-0.2, 0) is 12.8 Å². The Morgan fingerprint density at radius 3 is 2.52 bits per heavy atom. The molecule has 0 atom stereocenters. The van der Waals surface area contributed by atoms with Crippen LogP contribution in [0.3, 0.4) is 0 Å². The van der Waals surface area contributed by atoms with Gasteiger partial charge in [0.15, 0.2) is 0 Å². The van der Waals surface area contributed by atoms with E-state index in [0.717, 1.165) is 30.0 Å². The van der Waals surface area contributed by atoms with Crippen LogP contribution in [0, 0.1) is 5.82 Å². The first kappa shape index (κ1) is 20.3. The van der Waals surface area contributed by atoms with Crippen molar-refractivity contribution >= 4 is 11.6 Å². The summed E-state index contributed by atoms with van der Waals surface area (Å²) in [6, 6.07) is 17.8. The van der Waals surface area contributed by atoms with E-state index < -0.39 is 0 Å². The fraction of sp³-hybridized carbons (Fsp3) is 0.217. The molecule has 0 saturated carbocycles. The molecule has 0 spiro atoms. The standard InChI is InChI=1S/C23H24FN3O2/c1-29-21-4-2-3-18(15-21)12-13-25-20-9-10-22(27-16-20)23(28)26-14-11-17-5-7-19(24)8-6-17/h2-10,15-16,25H,11-14H2,1H3,(H,26,28). The number of nitrogens with one attached hydrogen (secondary N) is 2. The van der Waals surface area contributed by atoms with Crippen molar-refractivity contribution in [3.8, 4) is 5.75 Å². The van der Waals surface area contributed by atoms with Crippen molar-refractivity contribution in [2.45, 2.75) is 12.8 Å². The van der Waals surface area contributed by atoms with Crippen LogP contribution in [0.15, 0.2) is 66.9 Å². The van der Waals surface area contributed by atoms with Crippen molar-refractivity contribution in [1.82, 2.24) is 10.3 Å². The number of ether oxygens (including phenoxy) is 1. The van der Waals surface area contributed by atoms with Crippen molar-refractivity contribution in [1.29, 1.82) is 0 Å². The molecule has 0 saturated heterocycles. The molecule has 0 bridgehead atoms. The van der Waals surface area contributed by atoms with Crippen molar-refractivity contribution in [3.63, 3.8) is 0 Å². The molecule has 6 heteroatoms. The molecule has 3 aromatic rings. The smallest absolute Gasteiger partial charge is 0.269 e. The van der Waals surface area contributed by atoms with E-state index in [0.29, 0.717) is 18.7 Å². The summed E-state index contributed by atoms with van der Waals surface area (Å²) < 4.78 is 18.1. The Bertz CT molecular complexity index is 928. The van der Waals surface area contributed by atoms with Crippen LogP contribution in [0.4, 0.5) is 10.1 Å². The molecule has 0 aliphatic rings. The number of pyridine rings is 1. The number of hydrogen-bond donors (Lipinski definition) is 2. The molecule has 5 nitrogen and oxygen atoms in total. The minimum Gasteiger partial charge on any atom is -0.497 e. The number of anilines is 1. The van der Waals surface area contributed by atoms with E-state index in [9.17, 15) is 9.18 Å². The van der Waals surface area contributed by atoms with Crippen LogP contribution in [0.2, 0.25) is 0 Å². The zero-order valence-corrected chi connectivity index (χ0v) is 16.3. The van der Waals surface area contributed by atoms with Gasteiger partial charge in [0.05, 0.1) is 19.0 Å². The second-order valence-corrected chi connectivity index (χ2v) is 6.59. The molecule has 1 aromatic heterocycles. The minimum absolute atomic E-state index is 0.227. The van der Waals surface area contributed by atoms with Crippen LogP contribution in [-0.4, -0.2) is 31.1 Å². The number of halogens is 1. The SMILES string of the molecule is COc1cccc(CCNc2ccc(C(=O)NCCc3ccc(F)cc3)nc2)c1. The number of nitrogens with zero attached hydrogens (tertiary/aromatic N) is 1. The van der Waals surface area contributed by atoms with Crippen LogP contribution in [0.5, 0.6) is 5.75 Å². The van der Waals surface area contributed by atoms with Gasteiger partial charge in [-0.15, -0.1) is 0 Å².